The summed E-state index contributed by atoms with van der Waals surface area (Å²) in [5, 5.41) is 20.4. The monoisotopic (exact) mass is 405 g/mol. The molecule has 0 saturated carbocycles. The molecule has 0 aliphatic carbocycles. The van der Waals surface area contributed by atoms with E-state index >= 15 is 0 Å². The minimum atomic E-state index is -1.21. The lowest BCUT2D eigenvalue weighted by Crippen LogP contribution is -2.09. The molecule has 0 fully saturated rings. The second-order valence-corrected chi connectivity index (χ2v) is 5.63. The Balaban J connectivity index is 2.71. The number of nitro groups is 1. The van der Waals surface area contributed by atoms with Crippen molar-refractivity contribution in [2.45, 2.75) is 0 Å². The number of hydrogen-bond acceptors (Lipinski definition) is 5. The van der Waals surface area contributed by atoms with Crippen molar-refractivity contribution >= 4 is 45.2 Å². The minimum Gasteiger partial charge on any atom is -0.478 e. The lowest BCUT2D eigenvalue weighted by Gasteiger charge is -2.10. The molecule has 0 aliphatic heterocycles. The van der Waals surface area contributed by atoms with E-state index in [1.54, 1.807) is 12.1 Å². The van der Waals surface area contributed by atoms with E-state index in [0.717, 1.165) is 0 Å². The Bertz CT molecular complexity index is 890. The number of carbonyl (C=O) groups is 2. The van der Waals surface area contributed by atoms with Gasteiger partial charge in [-0.1, -0.05) is 30.3 Å². The van der Waals surface area contributed by atoms with E-state index < -0.39 is 16.9 Å². The molecule has 0 aliphatic rings. The van der Waals surface area contributed by atoms with E-state index in [9.17, 15) is 24.8 Å². The molecule has 2 aromatic carbocycles. The Labute approximate surface area is 150 Å². The molecular weight excluding hydrogens is 394 g/mol. The van der Waals surface area contributed by atoms with Crippen LogP contribution in [0.3, 0.4) is 0 Å². The molecule has 0 radical (unpaired) electrons. The van der Waals surface area contributed by atoms with Gasteiger partial charge in [0.1, 0.15) is 4.47 Å². The first-order valence-electron chi connectivity index (χ1n) is 6.92. The standard InChI is InChI=1S/C17H12BrNO6/c1-25-17(22)13(11-6-2-3-7-12(11)16(20)21)9-10-5-4-8-14(15(10)18)19(23)24/h2-9H,1H3,(H,20,21)/b13-9+. The Kier molecular flexibility index (Phi) is 5.66. The van der Waals surface area contributed by atoms with Crippen molar-refractivity contribution in [3.63, 3.8) is 0 Å². The van der Waals surface area contributed by atoms with E-state index in [0.29, 0.717) is 5.56 Å². The molecule has 0 aromatic heterocycles. The highest BCUT2D eigenvalue weighted by Gasteiger charge is 2.21. The second-order valence-electron chi connectivity index (χ2n) is 4.84. The van der Waals surface area contributed by atoms with Gasteiger partial charge in [0.05, 0.1) is 23.2 Å². The molecule has 0 heterocycles. The first-order valence-corrected chi connectivity index (χ1v) is 7.71. The van der Waals surface area contributed by atoms with Gasteiger partial charge in [0.15, 0.2) is 0 Å². The smallest absolute Gasteiger partial charge is 0.338 e. The molecule has 0 amide bonds. The van der Waals surface area contributed by atoms with Gasteiger partial charge in [0, 0.05) is 11.6 Å². The predicted molar refractivity (Wildman–Crippen MR) is 94.1 cm³/mol. The van der Waals surface area contributed by atoms with Gasteiger partial charge in [-0.3, -0.25) is 10.1 Å². The fourth-order valence-corrected chi connectivity index (χ4v) is 2.73. The molecule has 0 spiro atoms. The Morgan fingerprint density at radius 2 is 1.80 bits per heavy atom. The van der Waals surface area contributed by atoms with Crippen LogP contribution in [-0.4, -0.2) is 29.1 Å². The number of nitro benzene ring substituents is 1. The first kappa shape index (κ1) is 18.3. The Morgan fingerprint density at radius 1 is 1.16 bits per heavy atom. The van der Waals surface area contributed by atoms with Crippen LogP contribution < -0.4 is 0 Å². The minimum absolute atomic E-state index is 0.0262. The third kappa shape index (κ3) is 3.92. The number of methoxy groups -OCH3 is 1. The van der Waals surface area contributed by atoms with Crippen LogP contribution in [-0.2, 0) is 9.53 Å². The van der Waals surface area contributed by atoms with Gasteiger partial charge < -0.3 is 9.84 Å². The maximum atomic E-state index is 12.2. The highest BCUT2D eigenvalue weighted by molar-refractivity contribution is 9.10. The Hall–Kier alpha value is -3.00. The molecule has 0 unspecified atom stereocenters. The lowest BCUT2D eigenvalue weighted by atomic mass is 9.97. The van der Waals surface area contributed by atoms with Crippen LogP contribution in [0, 0.1) is 10.1 Å². The quantitative estimate of drug-likeness (QED) is 0.266. The predicted octanol–water partition coefficient (Wildman–Crippen LogP) is 3.77. The number of benzene rings is 2. The molecule has 0 atom stereocenters. The molecule has 2 rings (SSSR count). The second kappa shape index (κ2) is 7.71. The van der Waals surface area contributed by atoms with Crippen LogP contribution in [0.5, 0.6) is 0 Å². The van der Waals surface area contributed by atoms with Gasteiger partial charge in [-0.15, -0.1) is 0 Å². The fraction of sp³-hybridized carbons (Fsp3) is 0.0588. The van der Waals surface area contributed by atoms with Crippen molar-refractivity contribution in [3.8, 4) is 0 Å². The summed E-state index contributed by atoms with van der Waals surface area (Å²) in [5.74, 6) is -1.96. The van der Waals surface area contributed by atoms with Gasteiger partial charge in [0.2, 0.25) is 0 Å². The van der Waals surface area contributed by atoms with E-state index in [1.165, 1.54) is 43.5 Å². The molecule has 128 valence electrons. The van der Waals surface area contributed by atoms with Crippen LogP contribution in [0.25, 0.3) is 11.6 Å². The van der Waals surface area contributed by atoms with Crippen LogP contribution in [0.2, 0.25) is 0 Å². The summed E-state index contributed by atoms with van der Waals surface area (Å²) < 4.78 is 4.92. The number of esters is 1. The summed E-state index contributed by atoms with van der Waals surface area (Å²) in [6.45, 7) is 0. The van der Waals surface area contributed by atoms with Crippen LogP contribution in [0.4, 0.5) is 5.69 Å². The number of carboxylic acid groups (broad SMARTS) is 1. The average molecular weight is 406 g/mol. The van der Waals surface area contributed by atoms with Crippen molar-refractivity contribution < 1.29 is 24.4 Å². The number of halogens is 1. The van der Waals surface area contributed by atoms with Crippen molar-refractivity contribution in [2.75, 3.05) is 7.11 Å². The van der Waals surface area contributed by atoms with E-state index in [-0.39, 0.29) is 26.9 Å². The molecular formula is C17H12BrNO6. The maximum Gasteiger partial charge on any atom is 0.338 e. The van der Waals surface area contributed by atoms with Crippen molar-refractivity contribution in [2.24, 2.45) is 0 Å². The van der Waals surface area contributed by atoms with E-state index in [2.05, 4.69) is 15.9 Å². The number of carbonyl (C=O) groups excluding carboxylic acids is 1. The highest BCUT2D eigenvalue weighted by Crippen LogP contribution is 2.32. The van der Waals surface area contributed by atoms with Crippen molar-refractivity contribution in [1.82, 2.24) is 0 Å². The lowest BCUT2D eigenvalue weighted by molar-refractivity contribution is -0.385. The maximum absolute atomic E-state index is 12.2. The number of ether oxygens (including phenoxy) is 1. The highest BCUT2D eigenvalue weighted by atomic mass is 79.9. The molecule has 2 aromatic rings. The van der Waals surface area contributed by atoms with Crippen molar-refractivity contribution in [1.29, 1.82) is 0 Å². The van der Waals surface area contributed by atoms with Gasteiger partial charge in [-0.2, -0.15) is 0 Å². The number of aromatic carboxylic acids is 1. The zero-order chi connectivity index (χ0) is 18.6. The average Bonchev–Trinajstić information content (AvgIpc) is 2.60. The van der Waals surface area contributed by atoms with Gasteiger partial charge in [-0.05, 0) is 33.6 Å². The molecule has 7 nitrogen and oxygen atoms in total. The van der Waals surface area contributed by atoms with Crippen LogP contribution in [0.1, 0.15) is 21.5 Å². The zero-order valence-electron chi connectivity index (χ0n) is 12.9. The summed E-state index contributed by atoms with van der Waals surface area (Å²) in [6, 6.07) is 10.3. The first-order chi connectivity index (χ1) is 11.9. The molecule has 1 N–H and O–H groups in total. The largest absolute Gasteiger partial charge is 0.478 e. The number of hydrogen-bond donors (Lipinski definition) is 1. The summed E-state index contributed by atoms with van der Waals surface area (Å²) >= 11 is 3.15. The van der Waals surface area contributed by atoms with Gasteiger partial charge in [-0.25, -0.2) is 9.59 Å². The van der Waals surface area contributed by atoms with Gasteiger partial charge in [0.25, 0.3) is 5.69 Å². The molecule has 25 heavy (non-hydrogen) atoms. The van der Waals surface area contributed by atoms with Crippen LogP contribution >= 0.6 is 15.9 Å². The van der Waals surface area contributed by atoms with Gasteiger partial charge >= 0.3 is 11.9 Å². The Morgan fingerprint density at radius 3 is 2.36 bits per heavy atom. The number of rotatable bonds is 5. The number of carboxylic acids is 1. The van der Waals surface area contributed by atoms with Crippen LogP contribution in [0.15, 0.2) is 46.9 Å². The fourth-order valence-electron chi connectivity index (χ4n) is 2.21. The number of nitrogens with zero attached hydrogens (tertiary/aromatic N) is 1. The molecule has 8 heteroatoms. The normalized spacial score (nSPS) is 11.0. The van der Waals surface area contributed by atoms with Crippen molar-refractivity contribution in [3.05, 3.63) is 73.7 Å². The summed E-state index contributed by atoms with van der Waals surface area (Å²) in [4.78, 5) is 34.1. The zero-order valence-corrected chi connectivity index (χ0v) is 14.5. The SMILES string of the molecule is COC(=O)/C(=C/c1cccc([N+](=O)[O-])c1Br)c1ccccc1C(=O)O. The third-order valence-electron chi connectivity index (χ3n) is 3.36. The summed E-state index contributed by atoms with van der Waals surface area (Å²) in [5.41, 5.74) is 0.210. The molecule has 0 bridgehead atoms. The molecule has 0 saturated heterocycles. The van der Waals surface area contributed by atoms with E-state index in [1.807, 2.05) is 0 Å². The summed E-state index contributed by atoms with van der Waals surface area (Å²) in [6.07, 6.45) is 1.35. The topological polar surface area (TPSA) is 107 Å². The summed E-state index contributed by atoms with van der Waals surface area (Å²) in [7, 11) is 1.17. The third-order valence-corrected chi connectivity index (χ3v) is 4.22. The van der Waals surface area contributed by atoms with E-state index in [4.69, 9.17) is 4.74 Å².